The molecule has 0 saturated heterocycles. The lowest BCUT2D eigenvalue weighted by atomic mass is 10.1. The van der Waals surface area contributed by atoms with E-state index in [1.807, 2.05) is 6.92 Å². The summed E-state index contributed by atoms with van der Waals surface area (Å²) >= 11 is 5.64. The summed E-state index contributed by atoms with van der Waals surface area (Å²) in [5.41, 5.74) is 0. The smallest absolute Gasteiger partial charge is 0.146 e. The summed E-state index contributed by atoms with van der Waals surface area (Å²) < 4.78 is 10.4. The predicted molar refractivity (Wildman–Crippen MR) is 83.9 cm³/mol. The zero-order valence-corrected chi connectivity index (χ0v) is 13.3. The van der Waals surface area contributed by atoms with E-state index in [1.165, 1.54) is 51.4 Å². The van der Waals surface area contributed by atoms with Crippen molar-refractivity contribution < 1.29 is 9.47 Å². The van der Waals surface area contributed by atoms with Crippen molar-refractivity contribution in [3.05, 3.63) is 12.2 Å². The molecule has 0 heterocycles. The molecule has 0 rings (SSSR count). The Balaban J connectivity index is 3.00. The minimum atomic E-state index is 0.425. The molecular formula is C16H31ClO2. The highest BCUT2D eigenvalue weighted by atomic mass is 35.5. The van der Waals surface area contributed by atoms with Crippen LogP contribution >= 0.6 is 11.6 Å². The number of allylic oxidation sites excluding steroid dienone is 1. The topological polar surface area (TPSA) is 18.5 Å². The molecule has 0 aromatic rings. The average molecular weight is 291 g/mol. The van der Waals surface area contributed by atoms with E-state index in [0.717, 1.165) is 25.5 Å². The summed E-state index contributed by atoms with van der Waals surface area (Å²) in [6.45, 7) is 3.88. The Morgan fingerprint density at radius 3 is 2.11 bits per heavy atom. The third-order valence-corrected chi connectivity index (χ3v) is 3.24. The lowest BCUT2D eigenvalue weighted by Gasteiger charge is -2.01. The molecule has 0 aromatic heterocycles. The van der Waals surface area contributed by atoms with Gasteiger partial charge < -0.3 is 9.47 Å². The van der Waals surface area contributed by atoms with Crippen molar-refractivity contribution in [2.75, 3.05) is 25.9 Å². The number of rotatable bonds is 15. The van der Waals surface area contributed by atoms with Crippen molar-refractivity contribution in [2.45, 2.75) is 64.7 Å². The molecule has 0 spiro atoms. The SMILES string of the molecule is CCOCOCCC=CCCCCCCCCCCl. The first-order valence-electron chi connectivity index (χ1n) is 7.78. The molecule has 0 unspecified atom stereocenters. The van der Waals surface area contributed by atoms with Crippen LogP contribution in [0.2, 0.25) is 0 Å². The third kappa shape index (κ3) is 17.9. The second-order valence-electron chi connectivity index (χ2n) is 4.73. The zero-order chi connectivity index (χ0) is 14.0. The summed E-state index contributed by atoms with van der Waals surface area (Å²) in [5.74, 6) is 0.819. The highest BCUT2D eigenvalue weighted by Gasteiger charge is 1.90. The first-order chi connectivity index (χ1) is 9.41. The molecule has 19 heavy (non-hydrogen) atoms. The fourth-order valence-corrected chi connectivity index (χ4v) is 2.02. The van der Waals surface area contributed by atoms with Gasteiger partial charge in [0.05, 0.1) is 6.61 Å². The van der Waals surface area contributed by atoms with Crippen molar-refractivity contribution in [1.29, 1.82) is 0 Å². The van der Waals surface area contributed by atoms with Gasteiger partial charge in [0.1, 0.15) is 6.79 Å². The maximum atomic E-state index is 5.64. The van der Waals surface area contributed by atoms with Gasteiger partial charge in [0, 0.05) is 12.5 Å². The molecule has 0 saturated carbocycles. The van der Waals surface area contributed by atoms with Crippen molar-refractivity contribution >= 4 is 11.6 Å². The maximum Gasteiger partial charge on any atom is 0.146 e. The van der Waals surface area contributed by atoms with Crippen LogP contribution < -0.4 is 0 Å². The Kier molecular flexibility index (Phi) is 17.9. The molecule has 0 bridgehead atoms. The maximum absolute atomic E-state index is 5.64. The van der Waals surface area contributed by atoms with Crippen molar-refractivity contribution in [3.63, 3.8) is 0 Å². The molecule has 0 fully saturated rings. The summed E-state index contributed by atoms with van der Waals surface area (Å²) in [6, 6.07) is 0. The Morgan fingerprint density at radius 2 is 1.42 bits per heavy atom. The first kappa shape index (κ1) is 18.9. The standard InChI is InChI=1S/C16H31ClO2/c1-2-18-16-19-15-13-11-9-7-5-3-4-6-8-10-12-14-17/h9,11H,2-8,10,12-16H2,1H3. The van der Waals surface area contributed by atoms with Gasteiger partial charge in [-0.3, -0.25) is 0 Å². The van der Waals surface area contributed by atoms with E-state index >= 15 is 0 Å². The van der Waals surface area contributed by atoms with Crippen LogP contribution in [0.1, 0.15) is 64.7 Å². The molecule has 0 radical (unpaired) electrons. The number of alkyl halides is 1. The quantitative estimate of drug-likeness (QED) is 0.176. The molecule has 0 amide bonds. The number of halogens is 1. The van der Waals surface area contributed by atoms with Gasteiger partial charge in [-0.05, 0) is 32.6 Å². The molecule has 0 aliphatic carbocycles. The van der Waals surface area contributed by atoms with Crippen LogP contribution in [0.5, 0.6) is 0 Å². The normalized spacial score (nSPS) is 11.5. The Morgan fingerprint density at radius 1 is 0.789 bits per heavy atom. The van der Waals surface area contributed by atoms with Crippen LogP contribution in [-0.4, -0.2) is 25.9 Å². The Bertz CT molecular complexity index is 184. The molecule has 3 heteroatoms. The van der Waals surface area contributed by atoms with Crippen LogP contribution in [-0.2, 0) is 9.47 Å². The molecule has 0 aliphatic rings. The van der Waals surface area contributed by atoms with E-state index < -0.39 is 0 Å². The van der Waals surface area contributed by atoms with Crippen LogP contribution in [0.25, 0.3) is 0 Å². The van der Waals surface area contributed by atoms with E-state index in [9.17, 15) is 0 Å². The number of hydrogen-bond donors (Lipinski definition) is 0. The summed E-state index contributed by atoms with van der Waals surface area (Å²) in [5, 5.41) is 0. The first-order valence-corrected chi connectivity index (χ1v) is 8.31. The van der Waals surface area contributed by atoms with Gasteiger partial charge in [0.2, 0.25) is 0 Å². The second-order valence-corrected chi connectivity index (χ2v) is 5.11. The van der Waals surface area contributed by atoms with Gasteiger partial charge in [-0.25, -0.2) is 0 Å². The molecule has 0 N–H and O–H groups in total. The van der Waals surface area contributed by atoms with E-state index in [0.29, 0.717) is 6.79 Å². The molecule has 0 aromatic carbocycles. The minimum absolute atomic E-state index is 0.425. The predicted octanol–water partition coefficient (Wildman–Crippen LogP) is 5.30. The summed E-state index contributed by atoms with van der Waals surface area (Å²) in [6.07, 6.45) is 15.9. The molecule has 2 nitrogen and oxygen atoms in total. The Labute approximate surface area is 124 Å². The highest BCUT2D eigenvalue weighted by molar-refractivity contribution is 6.17. The zero-order valence-electron chi connectivity index (χ0n) is 12.5. The summed E-state index contributed by atoms with van der Waals surface area (Å²) in [4.78, 5) is 0. The monoisotopic (exact) mass is 290 g/mol. The van der Waals surface area contributed by atoms with Gasteiger partial charge in [0.25, 0.3) is 0 Å². The minimum Gasteiger partial charge on any atom is -0.356 e. The van der Waals surface area contributed by atoms with Crippen molar-refractivity contribution in [1.82, 2.24) is 0 Å². The molecular weight excluding hydrogens is 260 g/mol. The van der Waals surface area contributed by atoms with Crippen LogP contribution in [0.15, 0.2) is 12.2 Å². The number of unbranched alkanes of at least 4 members (excludes halogenated alkanes) is 7. The van der Waals surface area contributed by atoms with Gasteiger partial charge in [-0.2, -0.15) is 0 Å². The Hall–Kier alpha value is -0.0500. The van der Waals surface area contributed by atoms with Crippen LogP contribution in [0.3, 0.4) is 0 Å². The molecule has 114 valence electrons. The molecule has 0 aliphatic heterocycles. The lowest BCUT2D eigenvalue weighted by molar-refractivity contribution is -0.0476. The van der Waals surface area contributed by atoms with E-state index in [4.69, 9.17) is 21.1 Å². The second kappa shape index (κ2) is 17.9. The van der Waals surface area contributed by atoms with Gasteiger partial charge in [-0.15, -0.1) is 11.6 Å². The van der Waals surface area contributed by atoms with E-state index in [2.05, 4.69) is 12.2 Å². The van der Waals surface area contributed by atoms with E-state index in [1.54, 1.807) is 0 Å². The van der Waals surface area contributed by atoms with Crippen molar-refractivity contribution in [2.24, 2.45) is 0 Å². The average Bonchev–Trinajstić information content (AvgIpc) is 2.43. The fourth-order valence-electron chi connectivity index (χ4n) is 1.83. The number of hydrogen-bond acceptors (Lipinski definition) is 2. The lowest BCUT2D eigenvalue weighted by Crippen LogP contribution is -1.99. The van der Waals surface area contributed by atoms with Crippen molar-refractivity contribution in [3.8, 4) is 0 Å². The van der Waals surface area contributed by atoms with Crippen LogP contribution in [0.4, 0.5) is 0 Å². The number of ether oxygens (including phenoxy) is 2. The fraction of sp³-hybridized carbons (Fsp3) is 0.875. The highest BCUT2D eigenvalue weighted by Crippen LogP contribution is 2.09. The van der Waals surface area contributed by atoms with Gasteiger partial charge in [0.15, 0.2) is 0 Å². The largest absolute Gasteiger partial charge is 0.356 e. The molecule has 0 atom stereocenters. The summed E-state index contributed by atoms with van der Waals surface area (Å²) in [7, 11) is 0. The van der Waals surface area contributed by atoms with Crippen LogP contribution in [0, 0.1) is 0 Å². The van der Waals surface area contributed by atoms with E-state index in [-0.39, 0.29) is 0 Å². The van der Waals surface area contributed by atoms with Gasteiger partial charge >= 0.3 is 0 Å². The van der Waals surface area contributed by atoms with Gasteiger partial charge in [-0.1, -0.05) is 44.3 Å². The third-order valence-electron chi connectivity index (χ3n) is 2.97.